The van der Waals surface area contributed by atoms with Crippen molar-refractivity contribution in [3.63, 3.8) is 0 Å². The lowest BCUT2D eigenvalue weighted by Crippen LogP contribution is -2.37. The Morgan fingerprint density at radius 3 is 1.24 bits per heavy atom. The van der Waals surface area contributed by atoms with E-state index in [-0.39, 0.29) is 35.9 Å². The first kappa shape index (κ1) is 28.8. The third-order valence-electron chi connectivity index (χ3n) is 8.88. The molecule has 0 bridgehead atoms. The Morgan fingerprint density at radius 2 is 0.941 bits per heavy atom. The van der Waals surface area contributed by atoms with Crippen LogP contribution in [0.1, 0.15) is 119 Å². The normalized spacial score (nSPS) is 23.1. The van der Waals surface area contributed by atoms with E-state index in [1.165, 1.54) is 64.2 Å². The monoisotopic (exact) mass is 482 g/mol. The molecule has 6 unspecified atom stereocenters. The molecule has 0 heterocycles. The van der Waals surface area contributed by atoms with E-state index in [9.17, 15) is 9.59 Å². The fourth-order valence-corrected chi connectivity index (χ4v) is 6.13. The molecule has 6 heteroatoms. The maximum atomic E-state index is 12.4. The molecule has 0 radical (unpaired) electrons. The van der Waals surface area contributed by atoms with E-state index < -0.39 is 12.3 Å². The van der Waals surface area contributed by atoms with Crippen molar-refractivity contribution in [1.82, 2.24) is 0 Å². The molecule has 0 aromatic heterocycles. The zero-order valence-electron chi connectivity index (χ0n) is 22.6. The van der Waals surface area contributed by atoms with E-state index in [4.69, 9.17) is 19.2 Å². The van der Waals surface area contributed by atoms with Crippen molar-refractivity contribution >= 4 is 12.3 Å². The molecule has 2 saturated carbocycles. The van der Waals surface area contributed by atoms with Crippen LogP contribution in [0.5, 0.6) is 0 Å². The Morgan fingerprint density at radius 1 is 0.618 bits per heavy atom. The summed E-state index contributed by atoms with van der Waals surface area (Å²) >= 11 is 0. The first-order valence-electron chi connectivity index (χ1n) is 14.0. The molecule has 0 saturated heterocycles. The minimum absolute atomic E-state index is 0.197. The van der Waals surface area contributed by atoms with Gasteiger partial charge in [-0.2, -0.15) is 19.4 Å². The van der Waals surface area contributed by atoms with Crippen molar-refractivity contribution in [2.45, 2.75) is 131 Å². The first-order valence-corrected chi connectivity index (χ1v) is 14.0. The summed E-state index contributed by atoms with van der Waals surface area (Å²) in [6, 6.07) is 0. The molecule has 6 atom stereocenters. The zero-order valence-corrected chi connectivity index (χ0v) is 22.6. The van der Waals surface area contributed by atoms with Crippen LogP contribution in [0.15, 0.2) is 0 Å². The maximum Gasteiger partial charge on any atom is 0.550 e. The van der Waals surface area contributed by atoms with E-state index in [0.717, 1.165) is 12.8 Å². The average Bonchev–Trinajstić information content (AvgIpc) is 2.88. The summed E-state index contributed by atoms with van der Waals surface area (Å²) in [6.45, 7) is 12.7. The van der Waals surface area contributed by atoms with E-state index in [1.807, 2.05) is 0 Å². The Kier molecular flexibility index (Phi) is 12.5. The highest BCUT2D eigenvalue weighted by molar-refractivity contribution is 5.63. The fraction of sp³-hybridized carbons (Fsp3) is 0.929. The van der Waals surface area contributed by atoms with Gasteiger partial charge < -0.3 is 9.47 Å². The first-order chi connectivity index (χ1) is 16.3. The summed E-state index contributed by atoms with van der Waals surface area (Å²) in [5, 5.41) is 0. The summed E-state index contributed by atoms with van der Waals surface area (Å²) in [4.78, 5) is 34.4. The Balaban J connectivity index is 1.89. The second-order valence-electron chi connectivity index (χ2n) is 11.1. The van der Waals surface area contributed by atoms with Crippen molar-refractivity contribution in [3.05, 3.63) is 0 Å². The van der Waals surface area contributed by atoms with E-state index in [1.54, 1.807) is 0 Å². The molecular formula is C28H50O6. The molecule has 0 aliphatic heterocycles. The number of rotatable bonds is 10. The number of carbonyl (C=O) groups is 2. The molecule has 0 aromatic carbocycles. The molecule has 6 nitrogen and oxygen atoms in total. The van der Waals surface area contributed by atoms with Crippen LogP contribution in [0.2, 0.25) is 0 Å². The van der Waals surface area contributed by atoms with Crippen LogP contribution in [0, 0.1) is 35.5 Å². The molecular weight excluding hydrogens is 432 g/mol. The van der Waals surface area contributed by atoms with Crippen molar-refractivity contribution in [3.8, 4) is 0 Å². The summed E-state index contributed by atoms with van der Waals surface area (Å²) in [5.41, 5.74) is 0. The lowest BCUT2D eigenvalue weighted by atomic mass is 9.75. The smallest absolute Gasteiger partial charge is 0.428 e. The largest absolute Gasteiger partial charge is 0.550 e. The minimum atomic E-state index is -0.967. The van der Waals surface area contributed by atoms with Gasteiger partial charge in [-0.1, -0.05) is 119 Å². The van der Waals surface area contributed by atoms with Crippen LogP contribution in [0.3, 0.4) is 0 Å². The number of hydrogen-bond acceptors (Lipinski definition) is 6. The van der Waals surface area contributed by atoms with Crippen LogP contribution >= 0.6 is 0 Å². The van der Waals surface area contributed by atoms with Crippen molar-refractivity contribution < 1.29 is 28.8 Å². The van der Waals surface area contributed by atoms with Crippen LogP contribution in [0.4, 0.5) is 9.59 Å². The van der Waals surface area contributed by atoms with Crippen LogP contribution < -0.4 is 0 Å². The predicted molar refractivity (Wildman–Crippen MR) is 133 cm³/mol. The van der Waals surface area contributed by atoms with Crippen molar-refractivity contribution in [2.75, 3.05) is 0 Å². The van der Waals surface area contributed by atoms with Gasteiger partial charge in [0.1, 0.15) is 12.2 Å². The summed E-state index contributed by atoms with van der Waals surface area (Å²) in [7, 11) is 0. The van der Waals surface area contributed by atoms with Crippen LogP contribution in [-0.2, 0) is 19.2 Å². The molecule has 34 heavy (non-hydrogen) atoms. The van der Waals surface area contributed by atoms with Crippen LogP contribution in [-0.4, -0.2) is 24.5 Å². The molecule has 0 amide bonds. The third kappa shape index (κ3) is 8.64. The third-order valence-corrected chi connectivity index (χ3v) is 8.88. The van der Waals surface area contributed by atoms with Crippen molar-refractivity contribution in [1.29, 1.82) is 0 Å². The average molecular weight is 483 g/mol. The van der Waals surface area contributed by atoms with Gasteiger partial charge in [0.2, 0.25) is 0 Å². The molecule has 2 aliphatic rings. The van der Waals surface area contributed by atoms with Gasteiger partial charge in [0, 0.05) is 0 Å². The lowest BCUT2D eigenvalue weighted by molar-refractivity contribution is -0.232. The Labute approximate surface area is 207 Å². The highest BCUT2D eigenvalue weighted by Crippen LogP contribution is 2.36. The molecule has 0 aromatic rings. The highest BCUT2D eigenvalue weighted by Gasteiger charge is 2.35. The quantitative estimate of drug-likeness (QED) is 0.177. The summed E-state index contributed by atoms with van der Waals surface area (Å²) < 4.78 is 11.4. The predicted octanol–water partition coefficient (Wildman–Crippen LogP) is 8.47. The van der Waals surface area contributed by atoms with E-state index in [0.29, 0.717) is 11.8 Å². The molecule has 2 rings (SSSR count). The minimum Gasteiger partial charge on any atom is -0.428 e. The van der Waals surface area contributed by atoms with E-state index in [2.05, 4.69) is 41.5 Å². The lowest BCUT2D eigenvalue weighted by Gasteiger charge is -2.35. The van der Waals surface area contributed by atoms with Gasteiger partial charge in [0.05, 0.1) is 0 Å². The maximum absolute atomic E-state index is 12.4. The summed E-state index contributed by atoms with van der Waals surface area (Å²) in [5.74, 6) is 1.96. The van der Waals surface area contributed by atoms with Gasteiger partial charge in [-0.05, 0) is 35.5 Å². The van der Waals surface area contributed by atoms with Gasteiger partial charge in [-0.3, -0.25) is 0 Å². The molecule has 0 N–H and O–H groups in total. The van der Waals surface area contributed by atoms with Gasteiger partial charge in [0.25, 0.3) is 0 Å². The second-order valence-corrected chi connectivity index (χ2v) is 11.1. The Bertz CT molecular complexity index is 544. The molecule has 198 valence electrons. The number of ether oxygens (including phenoxy) is 2. The van der Waals surface area contributed by atoms with Crippen LogP contribution in [0.25, 0.3) is 0 Å². The van der Waals surface area contributed by atoms with Gasteiger partial charge in [-0.15, -0.1) is 0 Å². The van der Waals surface area contributed by atoms with Gasteiger partial charge in [0.15, 0.2) is 0 Å². The van der Waals surface area contributed by atoms with Gasteiger partial charge in [-0.25, -0.2) is 0 Å². The topological polar surface area (TPSA) is 71.1 Å². The zero-order chi connectivity index (χ0) is 25.1. The standard InChI is InChI=1S/C28H50O6/c1-7-19(3)25(21(5)23-15-11-9-12-16-23)31-27(29)33-34-28(30)32-26(20(4)8-2)22(6)24-17-13-10-14-18-24/h19-26H,7-18H2,1-6H3. The number of hydrogen-bond donors (Lipinski definition) is 0. The molecule has 2 aliphatic carbocycles. The highest BCUT2D eigenvalue weighted by atomic mass is 17.3. The number of carbonyl (C=O) groups excluding carboxylic acids is 2. The van der Waals surface area contributed by atoms with Crippen molar-refractivity contribution in [2.24, 2.45) is 35.5 Å². The SMILES string of the molecule is CCC(C)C(OC(=O)OOC(=O)OC(C(C)CC)C(C)C1CCCCC1)C(C)C1CCCCC1. The molecule has 0 spiro atoms. The van der Waals surface area contributed by atoms with Gasteiger partial charge >= 0.3 is 12.3 Å². The summed E-state index contributed by atoms with van der Waals surface area (Å²) in [6.07, 6.45) is 11.5. The second kappa shape index (κ2) is 14.8. The fourth-order valence-electron chi connectivity index (χ4n) is 6.13. The Hall–Kier alpha value is -1.46. The van der Waals surface area contributed by atoms with E-state index >= 15 is 0 Å². The molecule has 2 fully saturated rings.